The van der Waals surface area contributed by atoms with Crippen LogP contribution in [0.3, 0.4) is 0 Å². The van der Waals surface area contributed by atoms with Crippen LogP contribution in [-0.4, -0.2) is 37.5 Å². The molecule has 1 saturated carbocycles. The second kappa shape index (κ2) is 6.00. The Bertz CT molecular complexity index is 283. The molecule has 0 aromatic heterocycles. The van der Waals surface area contributed by atoms with Gasteiger partial charge in [-0.2, -0.15) is 0 Å². The van der Waals surface area contributed by atoms with Crippen LogP contribution in [0, 0.1) is 5.92 Å². The molecule has 0 aromatic rings. The normalized spacial score (nSPS) is 24.1. The molecule has 5 heteroatoms. The third-order valence-electron chi connectivity index (χ3n) is 3.26. The average Bonchev–Trinajstić information content (AvgIpc) is 3.14. The van der Waals surface area contributed by atoms with E-state index in [0.717, 1.165) is 38.8 Å². The highest BCUT2D eigenvalue weighted by Gasteiger charge is 2.23. The van der Waals surface area contributed by atoms with Gasteiger partial charge in [0.2, 0.25) is 11.8 Å². The van der Waals surface area contributed by atoms with Crippen LogP contribution >= 0.6 is 0 Å². The van der Waals surface area contributed by atoms with Gasteiger partial charge >= 0.3 is 0 Å². The number of piperidine rings is 1. The van der Waals surface area contributed by atoms with Gasteiger partial charge in [0.15, 0.2) is 0 Å². The first-order chi connectivity index (χ1) is 8.25. The zero-order chi connectivity index (χ0) is 12.1. The van der Waals surface area contributed by atoms with Gasteiger partial charge in [0.05, 0.1) is 5.92 Å². The van der Waals surface area contributed by atoms with Crippen molar-refractivity contribution in [1.82, 2.24) is 16.0 Å². The third kappa shape index (κ3) is 4.34. The van der Waals surface area contributed by atoms with Gasteiger partial charge in [0, 0.05) is 25.6 Å². The minimum absolute atomic E-state index is 0.0505. The maximum atomic E-state index is 11.7. The van der Waals surface area contributed by atoms with E-state index in [1.807, 2.05) is 0 Å². The molecule has 1 aliphatic carbocycles. The number of carbonyl (C=O) groups is 2. The smallest absolute Gasteiger partial charge is 0.224 e. The number of nitrogens with one attached hydrogen (secondary N) is 3. The molecule has 0 bridgehead atoms. The Balaban J connectivity index is 1.56. The monoisotopic (exact) mass is 239 g/mol. The summed E-state index contributed by atoms with van der Waals surface area (Å²) in [6, 6.07) is 0.403. The molecule has 2 aliphatic rings. The maximum Gasteiger partial charge on any atom is 0.224 e. The van der Waals surface area contributed by atoms with E-state index in [1.54, 1.807) is 0 Å². The lowest BCUT2D eigenvalue weighted by molar-refractivity contribution is -0.125. The van der Waals surface area contributed by atoms with Crippen LogP contribution < -0.4 is 16.0 Å². The molecule has 0 spiro atoms. The van der Waals surface area contributed by atoms with Crippen LogP contribution in [0.5, 0.6) is 0 Å². The highest BCUT2D eigenvalue weighted by Crippen LogP contribution is 2.18. The molecule has 96 valence electrons. The number of amides is 2. The number of carbonyl (C=O) groups excluding carboxylic acids is 2. The second-order valence-electron chi connectivity index (χ2n) is 4.93. The van der Waals surface area contributed by atoms with Gasteiger partial charge in [-0.15, -0.1) is 0 Å². The number of rotatable bonds is 5. The minimum atomic E-state index is 0.0505. The molecule has 2 fully saturated rings. The van der Waals surface area contributed by atoms with Gasteiger partial charge < -0.3 is 16.0 Å². The van der Waals surface area contributed by atoms with E-state index in [4.69, 9.17) is 0 Å². The fraction of sp³-hybridized carbons (Fsp3) is 0.833. The summed E-state index contributed by atoms with van der Waals surface area (Å²) in [5.74, 6) is 0.209. The van der Waals surface area contributed by atoms with E-state index in [0.29, 0.717) is 19.0 Å². The Morgan fingerprint density at radius 2 is 2.06 bits per heavy atom. The Hall–Kier alpha value is -1.10. The van der Waals surface area contributed by atoms with E-state index in [2.05, 4.69) is 16.0 Å². The highest BCUT2D eigenvalue weighted by atomic mass is 16.2. The van der Waals surface area contributed by atoms with E-state index in [9.17, 15) is 9.59 Å². The van der Waals surface area contributed by atoms with Gasteiger partial charge in [-0.05, 0) is 32.2 Å². The van der Waals surface area contributed by atoms with Crippen LogP contribution in [0.4, 0.5) is 0 Å². The van der Waals surface area contributed by atoms with Crippen molar-refractivity contribution in [2.24, 2.45) is 5.92 Å². The van der Waals surface area contributed by atoms with Gasteiger partial charge in [0.1, 0.15) is 0 Å². The van der Waals surface area contributed by atoms with E-state index in [1.165, 1.54) is 0 Å². The van der Waals surface area contributed by atoms with Crippen molar-refractivity contribution < 1.29 is 9.59 Å². The SMILES string of the molecule is O=C(CCNC(=O)C1CCCNC1)NC1CC1. The molecule has 1 atom stereocenters. The first kappa shape index (κ1) is 12.4. The van der Waals surface area contributed by atoms with Crippen molar-refractivity contribution >= 4 is 11.8 Å². The molecular weight excluding hydrogens is 218 g/mol. The lowest BCUT2D eigenvalue weighted by Crippen LogP contribution is -2.41. The maximum absolute atomic E-state index is 11.7. The third-order valence-corrected chi connectivity index (χ3v) is 3.26. The summed E-state index contributed by atoms with van der Waals surface area (Å²) in [5.41, 5.74) is 0. The summed E-state index contributed by atoms with van der Waals surface area (Å²) in [7, 11) is 0. The Labute approximate surface area is 102 Å². The number of hydrogen-bond acceptors (Lipinski definition) is 3. The summed E-state index contributed by atoms with van der Waals surface area (Å²) in [4.78, 5) is 23.1. The first-order valence-electron chi connectivity index (χ1n) is 6.53. The minimum Gasteiger partial charge on any atom is -0.355 e. The molecule has 1 saturated heterocycles. The highest BCUT2D eigenvalue weighted by molar-refractivity contribution is 5.80. The van der Waals surface area contributed by atoms with Crippen molar-refractivity contribution in [2.75, 3.05) is 19.6 Å². The van der Waals surface area contributed by atoms with Crippen LogP contribution in [0.1, 0.15) is 32.1 Å². The fourth-order valence-electron chi connectivity index (χ4n) is 2.05. The fourth-order valence-corrected chi connectivity index (χ4v) is 2.05. The molecule has 1 heterocycles. The van der Waals surface area contributed by atoms with Crippen molar-refractivity contribution in [2.45, 2.75) is 38.1 Å². The summed E-state index contributed by atoms with van der Waals surface area (Å²) in [6.45, 7) is 2.22. The van der Waals surface area contributed by atoms with Crippen LogP contribution in [-0.2, 0) is 9.59 Å². The van der Waals surface area contributed by atoms with Gasteiger partial charge in [-0.3, -0.25) is 9.59 Å². The zero-order valence-corrected chi connectivity index (χ0v) is 10.1. The van der Waals surface area contributed by atoms with Gasteiger partial charge in [-0.1, -0.05) is 0 Å². The van der Waals surface area contributed by atoms with Crippen molar-refractivity contribution in [3.05, 3.63) is 0 Å². The number of hydrogen-bond donors (Lipinski definition) is 3. The Kier molecular flexibility index (Phi) is 4.36. The molecule has 1 unspecified atom stereocenters. The lowest BCUT2D eigenvalue weighted by atomic mass is 9.99. The summed E-state index contributed by atoms with van der Waals surface area (Å²) >= 11 is 0. The standard InChI is InChI=1S/C12H21N3O2/c16-11(15-10-3-4-10)5-7-14-12(17)9-2-1-6-13-8-9/h9-10,13H,1-8H2,(H,14,17)(H,15,16). The van der Waals surface area contributed by atoms with E-state index >= 15 is 0 Å². The molecule has 17 heavy (non-hydrogen) atoms. The predicted octanol–water partition coefficient (Wildman–Crippen LogP) is -0.229. The van der Waals surface area contributed by atoms with Crippen LogP contribution in [0.15, 0.2) is 0 Å². The Morgan fingerprint density at radius 1 is 1.24 bits per heavy atom. The van der Waals surface area contributed by atoms with Crippen molar-refractivity contribution in [3.8, 4) is 0 Å². The second-order valence-corrected chi connectivity index (χ2v) is 4.93. The van der Waals surface area contributed by atoms with Gasteiger partial charge in [-0.25, -0.2) is 0 Å². The predicted molar refractivity (Wildman–Crippen MR) is 64.4 cm³/mol. The molecule has 5 nitrogen and oxygen atoms in total. The Morgan fingerprint density at radius 3 is 2.71 bits per heavy atom. The quantitative estimate of drug-likeness (QED) is 0.621. The van der Waals surface area contributed by atoms with Crippen molar-refractivity contribution in [3.63, 3.8) is 0 Å². The van der Waals surface area contributed by atoms with Gasteiger partial charge in [0.25, 0.3) is 0 Å². The molecule has 3 N–H and O–H groups in total. The topological polar surface area (TPSA) is 70.2 Å². The van der Waals surface area contributed by atoms with Crippen molar-refractivity contribution in [1.29, 1.82) is 0 Å². The average molecular weight is 239 g/mol. The van der Waals surface area contributed by atoms with Crippen LogP contribution in [0.25, 0.3) is 0 Å². The summed E-state index contributed by atoms with van der Waals surface area (Å²) < 4.78 is 0. The lowest BCUT2D eigenvalue weighted by Gasteiger charge is -2.21. The molecule has 0 radical (unpaired) electrons. The molecular formula is C12H21N3O2. The summed E-state index contributed by atoms with van der Waals surface area (Å²) in [6.07, 6.45) is 4.60. The van der Waals surface area contributed by atoms with E-state index < -0.39 is 0 Å². The largest absolute Gasteiger partial charge is 0.355 e. The first-order valence-corrected chi connectivity index (χ1v) is 6.53. The van der Waals surface area contributed by atoms with Crippen LogP contribution in [0.2, 0.25) is 0 Å². The molecule has 2 amide bonds. The molecule has 0 aromatic carbocycles. The zero-order valence-electron chi connectivity index (χ0n) is 10.1. The summed E-state index contributed by atoms with van der Waals surface area (Å²) in [5, 5.41) is 8.95. The molecule has 1 aliphatic heterocycles. The van der Waals surface area contributed by atoms with E-state index in [-0.39, 0.29) is 17.7 Å². The molecule has 2 rings (SSSR count).